The number of thiophene rings is 1. The molecule has 1 N–H and O–H groups in total. The Bertz CT molecular complexity index is 592. The molecule has 0 aliphatic carbocycles. The topological polar surface area (TPSA) is 12.0 Å². The first kappa shape index (κ1) is 15.0. The quantitative estimate of drug-likeness (QED) is 0.737. The number of halogens is 3. The lowest BCUT2D eigenvalue weighted by Crippen LogP contribution is -2.18. The van der Waals surface area contributed by atoms with Gasteiger partial charge in [-0.2, -0.15) is 0 Å². The average molecular weight is 363 g/mol. The number of aryl methyl sites for hydroxylation is 2. The minimum Gasteiger partial charge on any atom is -0.309 e. The molecule has 1 heterocycles. The molecule has 1 aromatic carbocycles. The summed E-state index contributed by atoms with van der Waals surface area (Å²) < 4.78 is 14.9. The van der Waals surface area contributed by atoms with E-state index in [0.717, 1.165) is 4.88 Å². The molecule has 2 aromatic rings. The molecular weight excluding hydrogens is 349 g/mol. The third-order valence-electron chi connectivity index (χ3n) is 3.13. The molecule has 102 valence electrons. The normalized spacial score (nSPS) is 12.7. The highest BCUT2D eigenvalue weighted by molar-refractivity contribution is 9.10. The zero-order valence-electron chi connectivity index (χ0n) is 10.9. The fraction of sp³-hybridized carbons (Fsp3) is 0.286. The van der Waals surface area contributed by atoms with Gasteiger partial charge >= 0.3 is 0 Å². The van der Waals surface area contributed by atoms with Crippen molar-refractivity contribution in [2.24, 2.45) is 0 Å². The molecular formula is C14H14BrClFNS. The van der Waals surface area contributed by atoms with E-state index in [1.54, 1.807) is 23.5 Å². The first-order chi connectivity index (χ1) is 8.95. The Morgan fingerprint density at radius 2 is 2.05 bits per heavy atom. The van der Waals surface area contributed by atoms with Crippen LogP contribution >= 0.6 is 38.9 Å². The van der Waals surface area contributed by atoms with Crippen molar-refractivity contribution < 1.29 is 4.39 Å². The van der Waals surface area contributed by atoms with Crippen LogP contribution < -0.4 is 5.32 Å². The summed E-state index contributed by atoms with van der Waals surface area (Å²) in [6, 6.07) is 5.45. The van der Waals surface area contributed by atoms with Crippen LogP contribution in [0.15, 0.2) is 22.7 Å². The molecule has 0 aliphatic heterocycles. The molecule has 0 radical (unpaired) electrons. The van der Waals surface area contributed by atoms with Gasteiger partial charge < -0.3 is 5.32 Å². The monoisotopic (exact) mass is 361 g/mol. The highest BCUT2D eigenvalue weighted by Gasteiger charge is 2.21. The molecule has 1 nitrogen and oxygen atoms in total. The lowest BCUT2D eigenvalue weighted by Gasteiger charge is -2.17. The van der Waals surface area contributed by atoms with Crippen LogP contribution in [0.1, 0.15) is 26.9 Å². The van der Waals surface area contributed by atoms with Gasteiger partial charge in [0.1, 0.15) is 5.82 Å². The average Bonchev–Trinajstić information content (AvgIpc) is 2.70. The summed E-state index contributed by atoms with van der Waals surface area (Å²) in [5.41, 5.74) is 1.79. The first-order valence-electron chi connectivity index (χ1n) is 5.83. The number of hydrogen-bond acceptors (Lipinski definition) is 2. The van der Waals surface area contributed by atoms with Gasteiger partial charge in [-0.15, -0.1) is 11.3 Å². The van der Waals surface area contributed by atoms with Gasteiger partial charge in [-0.25, -0.2) is 4.39 Å². The molecule has 1 atom stereocenters. The summed E-state index contributed by atoms with van der Waals surface area (Å²) in [7, 11) is 1.82. The van der Waals surface area contributed by atoms with E-state index < -0.39 is 0 Å². The van der Waals surface area contributed by atoms with Crippen molar-refractivity contribution in [3.63, 3.8) is 0 Å². The molecule has 0 bridgehead atoms. The van der Waals surface area contributed by atoms with E-state index >= 15 is 0 Å². The second-order valence-corrected chi connectivity index (χ2v) is 6.89. The second-order valence-electron chi connectivity index (χ2n) is 4.37. The van der Waals surface area contributed by atoms with Gasteiger partial charge in [0.15, 0.2) is 0 Å². The van der Waals surface area contributed by atoms with Crippen LogP contribution in [0.4, 0.5) is 4.39 Å². The van der Waals surface area contributed by atoms with Crippen molar-refractivity contribution in [1.82, 2.24) is 5.32 Å². The lowest BCUT2D eigenvalue weighted by molar-refractivity contribution is 0.579. The van der Waals surface area contributed by atoms with Crippen molar-refractivity contribution >= 4 is 38.9 Å². The van der Waals surface area contributed by atoms with Crippen LogP contribution in [0.2, 0.25) is 5.02 Å². The summed E-state index contributed by atoms with van der Waals surface area (Å²) in [5, 5.41) is 3.29. The van der Waals surface area contributed by atoms with Gasteiger partial charge in [-0.05, 0) is 54.5 Å². The second kappa shape index (κ2) is 5.92. The zero-order chi connectivity index (χ0) is 14.2. The van der Waals surface area contributed by atoms with Crippen LogP contribution in [0.3, 0.4) is 0 Å². The van der Waals surface area contributed by atoms with Gasteiger partial charge in [0.05, 0.1) is 11.1 Å². The molecule has 0 aliphatic rings. The Morgan fingerprint density at radius 1 is 1.37 bits per heavy atom. The van der Waals surface area contributed by atoms with E-state index in [1.165, 1.54) is 10.4 Å². The van der Waals surface area contributed by atoms with Crippen molar-refractivity contribution in [3.8, 4) is 0 Å². The van der Waals surface area contributed by atoms with Gasteiger partial charge in [-0.3, -0.25) is 0 Å². The Balaban J connectivity index is 2.51. The third kappa shape index (κ3) is 2.87. The molecule has 1 unspecified atom stereocenters. The molecule has 2 rings (SSSR count). The van der Waals surface area contributed by atoms with E-state index in [1.807, 2.05) is 7.05 Å². The lowest BCUT2D eigenvalue weighted by atomic mass is 10.0. The van der Waals surface area contributed by atoms with Crippen LogP contribution in [0.25, 0.3) is 0 Å². The van der Waals surface area contributed by atoms with E-state index in [-0.39, 0.29) is 16.9 Å². The molecule has 5 heteroatoms. The minimum atomic E-state index is -0.376. The van der Waals surface area contributed by atoms with E-state index in [2.05, 4.69) is 41.2 Å². The van der Waals surface area contributed by atoms with Crippen LogP contribution in [0.5, 0.6) is 0 Å². The maximum Gasteiger partial charge on any atom is 0.148 e. The zero-order valence-corrected chi connectivity index (χ0v) is 14.0. The SMILES string of the molecule is CNC(c1cc(C)c(C)s1)c1ccc(Br)c(Cl)c1F. The molecule has 0 spiro atoms. The summed E-state index contributed by atoms with van der Waals surface area (Å²) >= 11 is 10.9. The largest absolute Gasteiger partial charge is 0.309 e. The maximum absolute atomic E-state index is 14.3. The van der Waals surface area contributed by atoms with E-state index in [0.29, 0.717) is 10.0 Å². The fourth-order valence-corrected chi connectivity index (χ4v) is 3.61. The maximum atomic E-state index is 14.3. The van der Waals surface area contributed by atoms with Gasteiger partial charge in [0.25, 0.3) is 0 Å². The molecule has 0 saturated heterocycles. The van der Waals surface area contributed by atoms with Crippen molar-refractivity contribution in [1.29, 1.82) is 0 Å². The summed E-state index contributed by atoms with van der Waals surface area (Å²) in [6.07, 6.45) is 0. The number of hydrogen-bond donors (Lipinski definition) is 1. The van der Waals surface area contributed by atoms with Gasteiger partial charge in [0.2, 0.25) is 0 Å². The summed E-state index contributed by atoms with van der Waals surface area (Å²) in [5.74, 6) is -0.376. The van der Waals surface area contributed by atoms with Crippen LogP contribution in [-0.4, -0.2) is 7.05 Å². The Kier molecular flexibility index (Phi) is 4.66. The highest BCUT2D eigenvalue weighted by atomic mass is 79.9. The van der Waals surface area contributed by atoms with Crippen molar-refractivity contribution in [2.45, 2.75) is 19.9 Å². The Labute approximate surface area is 129 Å². The van der Waals surface area contributed by atoms with Crippen LogP contribution in [0, 0.1) is 19.7 Å². The molecule has 19 heavy (non-hydrogen) atoms. The van der Waals surface area contributed by atoms with Crippen molar-refractivity contribution in [2.75, 3.05) is 7.05 Å². The summed E-state index contributed by atoms with van der Waals surface area (Å²) in [6.45, 7) is 4.13. The Hall–Kier alpha value is -0.420. The molecule has 0 fully saturated rings. The number of benzene rings is 1. The minimum absolute atomic E-state index is 0.128. The third-order valence-corrected chi connectivity index (χ3v) is 5.61. The molecule has 0 amide bonds. The van der Waals surface area contributed by atoms with Crippen molar-refractivity contribution in [3.05, 3.63) is 54.4 Å². The Morgan fingerprint density at radius 3 is 2.58 bits per heavy atom. The standard InChI is InChI=1S/C14H14BrClFNS/c1-7-6-11(19-8(7)2)14(18-3)9-4-5-10(15)12(16)13(9)17/h4-6,14,18H,1-3H3. The molecule has 0 saturated carbocycles. The van der Waals surface area contributed by atoms with Gasteiger partial charge in [0, 0.05) is 19.8 Å². The molecule has 1 aromatic heterocycles. The summed E-state index contributed by atoms with van der Waals surface area (Å²) in [4.78, 5) is 2.34. The number of nitrogens with one attached hydrogen (secondary N) is 1. The predicted octanol–water partition coefficient (Wildman–Crippen LogP) is 5.23. The van der Waals surface area contributed by atoms with E-state index in [4.69, 9.17) is 11.6 Å². The predicted molar refractivity (Wildman–Crippen MR) is 83.8 cm³/mol. The number of rotatable bonds is 3. The van der Waals surface area contributed by atoms with Gasteiger partial charge in [-0.1, -0.05) is 17.7 Å². The van der Waals surface area contributed by atoms with Crippen LogP contribution in [-0.2, 0) is 0 Å². The smallest absolute Gasteiger partial charge is 0.148 e. The fourth-order valence-electron chi connectivity index (χ4n) is 1.96. The van der Waals surface area contributed by atoms with E-state index in [9.17, 15) is 4.39 Å². The first-order valence-corrected chi connectivity index (χ1v) is 7.82. The highest BCUT2D eigenvalue weighted by Crippen LogP contribution is 2.35.